The first kappa shape index (κ1) is 29.8. The lowest BCUT2D eigenvalue weighted by Gasteiger charge is -2.22. The largest absolute Gasteiger partial charge is 0.487 e. The Labute approximate surface area is 246 Å². The summed E-state index contributed by atoms with van der Waals surface area (Å²) in [5, 5.41) is 13.4. The van der Waals surface area contributed by atoms with E-state index in [-0.39, 0.29) is 45.7 Å². The highest BCUT2D eigenvalue weighted by Crippen LogP contribution is 2.37. The van der Waals surface area contributed by atoms with Gasteiger partial charge >= 0.3 is 5.97 Å². The molecule has 3 heterocycles. The van der Waals surface area contributed by atoms with Crippen LogP contribution in [0.3, 0.4) is 0 Å². The number of carbonyl (C=O) groups excluding carboxylic acids is 2. The zero-order valence-electron chi connectivity index (χ0n) is 23.1. The molecule has 4 aromatic rings. The van der Waals surface area contributed by atoms with Gasteiger partial charge in [-0.1, -0.05) is 44.0 Å². The number of aromatic nitrogens is 2. The van der Waals surface area contributed by atoms with Crippen LogP contribution in [0.15, 0.2) is 41.9 Å². The Morgan fingerprint density at radius 3 is 2.25 bits per heavy atom. The number of Topliss-reactive ketones (excluding diaryl/α,β-unsaturated/α-hetero) is 1. The normalized spacial score (nSPS) is 12.1. The van der Waals surface area contributed by atoms with Crippen molar-refractivity contribution in [1.82, 2.24) is 9.38 Å². The lowest BCUT2D eigenvalue weighted by molar-refractivity contribution is -0.146. The number of fused-ring (bicyclic) bond motifs is 1. The Balaban J connectivity index is 1.99. The maximum absolute atomic E-state index is 14.1. The number of ketones is 2. The van der Waals surface area contributed by atoms with Crippen molar-refractivity contribution in [3.8, 4) is 5.75 Å². The quantitative estimate of drug-likeness (QED) is 0.198. The molecule has 10 heteroatoms. The number of aliphatic carboxylic acids is 1. The van der Waals surface area contributed by atoms with E-state index in [0.717, 1.165) is 10.7 Å². The monoisotopic (exact) mass is 600 g/mol. The van der Waals surface area contributed by atoms with Crippen LogP contribution in [-0.4, -0.2) is 32.0 Å². The fourth-order valence-electron chi connectivity index (χ4n) is 4.39. The van der Waals surface area contributed by atoms with Crippen LogP contribution in [-0.2, 0) is 17.8 Å². The molecule has 0 radical (unpaired) electrons. The molecule has 0 atom stereocenters. The summed E-state index contributed by atoms with van der Waals surface area (Å²) >= 11 is 14.0. The van der Waals surface area contributed by atoms with Crippen LogP contribution in [0.5, 0.6) is 5.75 Å². The number of ether oxygens (including phenoxy) is 1. The van der Waals surface area contributed by atoms with Crippen molar-refractivity contribution in [2.75, 3.05) is 0 Å². The van der Waals surface area contributed by atoms with Gasteiger partial charge in [0.25, 0.3) is 0 Å². The van der Waals surface area contributed by atoms with Crippen LogP contribution in [0.2, 0.25) is 10.0 Å². The number of benzene rings is 1. The summed E-state index contributed by atoms with van der Waals surface area (Å²) < 4.78 is 7.63. The molecule has 0 saturated carbocycles. The summed E-state index contributed by atoms with van der Waals surface area (Å²) in [6.07, 6.45) is 1.60. The van der Waals surface area contributed by atoms with Gasteiger partial charge in [0, 0.05) is 44.2 Å². The summed E-state index contributed by atoms with van der Waals surface area (Å²) in [5.74, 6) is -1.23. The fraction of sp³-hybridized carbons (Fsp3) is 0.333. The highest BCUT2D eigenvalue weighted by atomic mass is 35.5. The molecule has 0 spiro atoms. The number of nitrogens with zero attached hydrogens (tertiary/aromatic N) is 2. The van der Waals surface area contributed by atoms with Gasteiger partial charge in [-0.2, -0.15) is 0 Å². The smallest absolute Gasteiger partial charge is 0.309 e. The second kappa shape index (κ2) is 11.0. The highest BCUT2D eigenvalue weighted by molar-refractivity contribution is 7.09. The van der Waals surface area contributed by atoms with Gasteiger partial charge in [0.2, 0.25) is 5.78 Å². The number of aryl methyl sites for hydroxylation is 1. The molecule has 0 aliphatic rings. The molecule has 1 N–H and O–H groups in total. The maximum atomic E-state index is 14.1. The first-order chi connectivity index (χ1) is 18.6. The predicted molar refractivity (Wildman–Crippen MR) is 157 cm³/mol. The number of halogens is 2. The average Bonchev–Trinajstić information content (AvgIpc) is 3.40. The minimum Gasteiger partial charge on any atom is -0.487 e. The number of hydrogen-bond donors (Lipinski definition) is 1. The molecule has 40 heavy (non-hydrogen) atoms. The topological polar surface area (TPSA) is 98.0 Å². The zero-order chi connectivity index (χ0) is 29.6. The summed E-state index contributed by atoms with van der Waals surface area (Å²) in [7, 11) is 0. The van der Waals surface area contributed by atoms with Crippen LogP contribution in [0.25, 0.3) is 5.52 Å². The summed E-state index contributed by atoms with van der Waals surface area (Å²) in [6.45, 7) is 10.6. The molecule has 0 aliphatic heterocycles. The molecule has 210 valence electrons. The molecular formula is C30H30Cl2N2O5S. The van der Waals surface area contributed by atoms with Crippen molar-refractivity contribution in [3.63, 3.8) is 0 Å². The van der Waals surface area contributed by atoms with Gasteiger partial charge in [-0.3, -0.25) is 14.4 Å². The van der Waals surface area contributed by atoms with E-state index in [1.165, 1.54) is 29.5 Å². The fourth-order valence-corrected chi connectivity index (χ4v) is 5.52. The number of rotatable bonds is 9. The SMILES string of the molecule is Cc1nc(COc2ccn3c(C(=O)c4cc(Cl)cc(Cl)c4)c(CC(C)(C)C(=O)O)c(C(=O)C(C)(C)C)c3c2)cs1. The van der Waals surface area contributed by atoms with Crippen LogP contribution < -0.4 is 4.74 Å². The molecule has 0 bridgehead atoms. The molecule has 0 unspecified atom stereocenters. The van der Waals surface area contributed by atoms with Gasteiger partial charge in [0.05, 0.1) is 27.3 Å². The van der Waals surface area contributed by atoms with E-state index in [1.807, 2.05) is 12.3 Å². The van der Waals surface area contributed by atoms with Gasteiger partial charge in [-0.05, 0) is 57.0 Å². The van der Waals surface area contributed by atoms with Crippen LogP contribution in [0, 0.1) is 17.8 Å². The minimum atomic E-state index is -1.28. The third kappa shape index (κ3) is 6.09. The molecule has 0 saturated heterocycles. The van der Waals surface area contributed by atoms with Crippen molar-refractivity contribution in [3.05, 3.63) is 85.0 Å². The Morgan fingerprint density at radius 1 is 1.05 bits per heavy atom. The summed E-state index contributed by atoms with van der Waals surface area (Å²) in [5.41, 5.74) is 0.159. The third-order valence-electron chi connectivity index (χ3n) is 6.51. The Morgan fingerprint density at radius 2 is 1.70 bits per heavy atom. The number of hydrogen-bond acceptors (Lipinski definition) is 6. The van der Waals surface area contributed by atoms with E-state index in [0.29, 0.717) is 16.8 Å². The predicted octanol–water partition coefficient (Wildman–Crippen LogP) is 7.70. The van der Waals surface area contributed by atoms with Crippen molar-refractivity contribution in [1.29, 1.82) is 0 Å². The molecule has 4 rings (SSSR count). The Bertz CT molecular complexity index is 1630. The van der Waals surface area contributed by atoms with E-state index < -0.39 is 22.6 Å². The van der Waals surface area contributed by atoms with E-state index in [4.69, 9.17) is 27.9 Å². The van der Waals surface area contributed by atoms with Gasteiger partial charge in [0.15, 0.2) is 5.78 Å². The van der Waals surface area contributed by atoms with Crippen LogP contribution >= 0.6 is 34.5 Å². The molecule has 7 nitrogen and oxygen atoms in total. The van der Waals surface area contributed by atoms with Crippen molar-refractivity contribution >= 4 is 57.6 Å². The lowest BCUT2D eigenvalue weighted by atomic mass is 9.79. The number of carboxylic acids is 1. The highest BCUT2D eigenvalue weighted by Gasteiger charge is 2.37. The molecule has 0 aliphatic carbocycles. The first-order valence-corrected chi connectivity index (χ1v) is 14.2. The number of carbonyl (C=O) groups is 3. The summed E-state index contributed by atoms with van der Waals surface area (Å²) in [6, 6.07) is 7.93. The molecule has 3 aromatic heterocycles. The molecular weight excluding hydrogens is 571 g/mol. The standard InChI is InChI=1S/C30H30Cl2N2O5S/c1-16-33-20(15-40-16)14-39-21-7-8-34-23(12-21)24(27(36)29(2,3)4)22(13-30(5,6)28(37)38)25(34)26(35)17-9-18(31)11-19(32)10-17/h7-12,15H,13-14H2,1-6H3,(H,37,38). The summed E-state index contributed by atoms with van der Waals surface area (Å²) in [4.78, 5) is 44.7. The maximum Gasteiger partial charge on any atom is 0.309 e. The number of pyridine rings is 1. The lowest BCUT2D eigenvalue weighted by Crippen LogP contribution is -2.29. The molecule has 0 amide bonds. The van der Waals surface area contributed by atoms with E-state index in [9.17, 15) is 19.5 Å². The van der Waals surface area contributed by atoms with Crippen molar-refractivity contribution in [2.24, 2.45) is 10.8 Å². The number of thiazole rings is 1. The Hall–Kier alpha value is -3.20. The second-order valence-electron chi connectivity index (χ2n) is 11.4. The number of carboxylic acid groups (broad SMARTS) is 1. The zero-order valence-corrected chi connectivity index (χ0v) is 25.4. The van der Waals surface area contributed by atoms with Crippen LogP contribution in [0.4, 0.5) is 0 Å². The second-order valence-corrected chi connectivity index (χ2v) is 13.3. The van der Waals surface area contributed by atoms with Crippen LogP contribution in [0.1, 0.15) is 77.3 Å². The Kier molecular flexibility index (Phi) is 8.18. The minimum absolute atomic E-state index is 0.0647. The first-order valence-electron chi connectivity index (χ1n) is 12.6. The third-order valence-corrected chi connectivity index (χ3v) is 7.77. The van der Waals surface area contributed by atoms with Gasteiger partial charge in [-0.15, -0.1) is 11.3 Å². The van der Waals surface area contributed by atoms with Gasteiger partial charge < -0.3 is 14.2 Å². The van der Waals surface area contributed by atoms with Gasteiger partial charge in [0.1, 0.15) is 12.4 Å². The van der Waals surface area contributed by atoms with Crippen molar-refractivity contribution in [2.45, 2.75) is 54.6 Å². The van der Waals surface area contributed by atoms with E-state index in [2.05, 4.69) is 4.98 Å². The molecule has 0 fully saturated rings. The van der Waals surface area contributed by atoms with E-state index in [1.54, 1.807) is 57.3 Å². The van der Waals surface area contributed by atoms with Crippen molar-refractivity contribution < 1.29 is 24.2 Å². The average molecular weight is 602 g/mol. The molecule has 1 aromatic carbocycles. The van der Waals surface area contributed by atoms with E-state index >= 15 is 0 Å². The van der Waals surface area contributed by atoms with Gasteiger partial charge in [-0.25, -0.2) is 4.98 Å².